The van der Waals surface area contributed by atoms with Crippen LogP contribution in [-0.2, 0) is 0 Å². The smallest absolute Gasteiger partial charge is 0.411 e. The summed E-state index contributed by atoms with van der Waals surface area (Å²) >= 11 is 0. The van der Waals surface area contributed by atoms with Gasteiger partial charge < -0.3 is 10.4 Å². The number of aromatic nitrogens is 2. The van der Waals surface area contributed by atoms with Crippen molar-refractivity contribution in [3.05, 3.63) is 23.8 Å². The van der Waals surface area contributed by atoms with Crippen molar-refractivity contribution in [1.82, 2.24) is 14.9 Å². The number of carbonyl (C=O) groups is 2. The Morgan fingerprint density at radius 1 is 1.38 bits per heavy atom. The molecule has 7 nitrogen and oxygen atoms in total. The fraction of sp³-hybridized carbons (Fsp3) is 0.357. The molecule has 0 saturated heterocycles. The lowest BCUT2D eigenvalue weighted by atomic mass is 10.2. The molecule has 1 aromatic heterocycles. The fourth-order valence-corrected chi connectivity index (χ4v) is 2.08. The third kappa shape index (κ3) is 3.13. The minimum Gasteiger partial charge on any atom is -0.465 e. The summed E-state index contributed by atoms with van der Waals surface area (Å²) in [7, 11) is 0. The van der Waals surface area contributed by atoms with Crippen LogP contribution < -0.4 is 10.6 Å². The molecule has 1 heterocycles. The Morgan fingerprint density at radius 3 is 2.81 bits per heavy atom. The van der Waals surface area contributed by atoms with Gasteiger partial charge in [-0.25, -0.2) is 19.1 Å². The molecule has 3 N–H and O–H groups in total. The number of imidazole rings is 1. The molecule has 2 amide bonds. The Hall–Kier alpha value is -2.57. The number of nitrogens with zero attached hydrogens (tertiary/aromatic N) is 2. The minimum atomic E-state index is -1.26. The normalized spacial score (nSPS) is 10.6. The van der Waals surface area contributed by atoms with Crippen molar-refractivity contribution >= 4 is 29.1 Å². The molecule has 0 radical (unpaired) electrons. The van der Waals surface area contributed by atoms with E-state index in [4.69, 9.17) is 5.11 Å². The number of hydrogen-bond acceptors (Lipinski definition) is 3. The van der Waals surface area contributed by atoms with Crippen LogP contribution in [-0.4, -0.2) is 33.3 Å². The van der Waals surface area contributed by atoms with Crippen molar-refractivity contribution < 1.29 is 14.7 Å². The molecule has 2 rings (SSSR count). The molecule has 0 unspecified atom stereocenters. The number of fused-ring (bicyclic) bond motifs is 1. The van der Waals surface area contributed by atoms with Gasteiger partial charge in [0.2, 0.25) is 5.95 Å². The van der Waals surface area contributed by atoms with Gasteiger partial charge in [-0.1, -0.05) is 25.5 Å². The molecule has 0 bridgehead atoms. The van der Waals surface area contributed by atoms with Crippen molar-refractivity contribution in [2.75, 3.05) is 11.9 Å². The number of carbonyl (C=O) groups excluding carboxylic acids is 1. The van der Waals surface area contributed by atoms with E-state index in [1.54, 1.807) is 12.1 Å². The highest BCUT2D eigenvalue weighted by molar-refractivity contribution is 5.96. The highest BCUT2D eigenvalue weighted by Crippen LogP contribution is 2.22. The molecule has 7 heteroatoms. The van der Waals surface area contributed by atoms with Crippen molar-refractivity contribution in [3.8, 4) is 0 Å². The average molecular weight is 290 g/mol. The Balaban J connectivity index is 2.45. The predicted octanol–water partition coefficient (Wildman–Crippen LogP) is 2.79. The summed E-state index contributed by atoms with van der Waals surface area (Å²) in [4.78, 5) is 27.4. The summed E-state index contributed by atoms with van der Waals surface area (Å²) in [6.07, 6.45) is 0.564. The third-order valence-electron chi connectivity index (χ3n) is 3.12. The summed E-state index contributed by atoms with van der Waals surface area (Å²) in [5.41, 5.74) is 2.06. The maximum atomic E-state index is 12.3. The molecule has 0 fully saturated rings. The Kier molecular flexibility index (Phi) is 4.42. The van der Waals surface area contributed by atoms with Gasteiger partial charge in [0.1, 0.15) is 0 Å². The Bertz CT molecular complexity index is 678. The molecule has 0 spiro atoms. The van der Waals surface area contributed by atoms with Gasteiger partial charge in [-0.3, -0.25) is 5.32 Å². The standard InChI is InChI=1S/C14H18N4O3/c1-3-4-8-15-13(19)18-10-7-5-6-9(2)11(10)16-12(18)17-14(20)21/h5-7H,3-4,8H2,1-2H3,(H,15,19)(H,16,17)(H,20,21). The first-order chi connectivity index (χ1) is 10.0. The van der Waals surface area contributed by atoms with Crippen LogP contribution in [0.5, 0.6) is 0 Å². The van der Waals surface area contributed by atoms with E-state index in [2.05, 4.69) is 15.6 Å². The first kappa shape index (κ1) is 14.8. The lowest BCUT2D eigenvalue weighted by Crippen LogP contribution is -2.30. The van der Waals surface area contributed by atoms with Crippen LogP contribution in [0, 0.1) is 6.92 Å². The van der Waals surface area contributed by atoms with Crippen LogP contribution in [0.1, 0.15) is 25.3 Å². The first-order valence-corrected chi connectivity index (χ1v) is 6.80. The average Bonchev–Trinajstić information content (AvgIpc) is 2.77. The number of nitrogens with one attached hydrogen (secondary N) is 2. The van der Waals surface area contributed by atoms with Gasteiger partial charge in [0.15, 0.2) is 0 Å². The summed E-state index contributed by atoms with van der Waals surface area (Å²) < 4.78 is 1.26. The Morgan fingerprint density at radius 2 is 2.14 bits per heavy atom. The number of benzene rings is 1. The van der Waals surface area contributed by atoms with Crippen LogP contribution in [0.25, 0.3) is 11.0 Å². The second-order valence-electron chi connectivity index (χ2n) is 4.73. The lowest BCUT2D eigenvalue weighted by Gasteiger charge is -2.08. The second kappa shape index (κ2) is 6.25. The quantitative estimate of drug-likeness (QED) is 0.754. The van der Waals surface area contributed by atoms with Gasteiger partial charge in [-0.15, -0.1) is 0 Å². The van der Waals surface area contributed by atoms with Crippen LogP contribution in [0.15, 0.2) is 18.2 Å². The number of carboxylic acid groups (broad SMARTS) is 1. The summed E-state index contributed by atoms with van der Waals surface area (Å²) in [5.74, 6) is 0.000739. The zero-order valence-corrected chi connectivity index (χ0v) is 12.0. The molecule has 0 aliphatic carbocycles. The van der Waals surface area contributed by atoms with Crippen molar-refractivity contribution in [2.24, 2.45) is 0 Å². The van der Waals surface area contributed by atoms with Gasteiger partial charge >= 0.3 is 12.1 Å². The van der Waals surface area contributed by atoms with Crippen LogP contribution in [0.2, 0.25) is 0 Å². The summed E-state index contributed by atoms with van der Waals surface area (Å²) in [5, 5.41) is 13.8. The Labute approximate surface area is 122 Å². The fourth-order valence-electron chi connectivity index (χ4n) is 2.08. The minimum absolute atomic E-state index is 0.000739. The predicted molar refractivity (Wildman–Crippen MR) is 79.8 cm³/mol. The molecule has 0 aliphatic rings. The van der Waals surface area contributed by atoms with Crippen LogP contribution in [0.3, 0.4) is 0 Å². The maximum Gasteiger partial charge on any atom is 0.411 e. The van der Waals surface area contributed by atoms with E-state index in [1.807, 2.05) is 19.9 Å². The zero-order valence-electron chi connectivity index (χ0n) is 12.0. The number of aryl methyl sites for hydroxylation is 1. The number of hydrogen-bond donors (Lipinski definition) is 3. The van der Waals surface area contributed by atoms with Crippen LogP contribution in [0.4, 0.5) is 15.5 Å². The monoisotopic (exact) mass is 290 g/mol. The van der Waals surface area contributed by atoms with Gasteiger partial charge in [0.05, 0.1) is 11.0 Å². The number of unbranched alkanes of at least 4 members (excludes halogenated alkanes) is 1. The van der Waals surface area contributed by atoms with Gasteiger partial charge in [0.25, 0.3) is 0 Å². The van der Waals surface area contributed by atoms with E-state index in [0.29, 0.717) is 17.6 Å². The number of amides is 2. The van der Waals surface area contributed by atoms with Crippen LogP contribution >= 0.6 is 0 Å². The molecule has 1 aromatic carbocycles. The molecule has 2 aromatic rings. The van der Waals surface area contributed by atoms with E-state index in [-0.39, 0.29) is 12.0 Å². The van der Waals surface area contributed by atoms with Crippen molar-refractivity contribution in [1.29, 1.82) is 0 Å². The van der Waals surface area contributed by atoms with E-state index < -0.39 is 6.09 Å². The topological polar surface area (TPSA) is 96.2 Å². The first-order valence-electron chi connectivity index (χ1n) is 6.80. The molecule has 0 saturated carbocycles. The third-order valence-corrected chi connectivity index (χ3v) is 3.12. The van der Waals surface area contributed by atoms with E-state index in [0.717, 1.165) is 18.4 Å². The van der Waals surface area contributed by atoms with E-state index in [9.17, 15) is 9.59 Å². The van der Waals surface area contributed by atoms with Crippen molar-refractivity contribution in [3.63, 3.8) is 0 Å². The number of para-hydroxylation sites is 1. The number of rotatable bonds is 4. The molecule has 0 aliphatic heterocycles. The van der Waals surface area contributed by atoms with Gasteiger partial charge in [-0.2, -0.15) is 0 Å². The molecular formula is C14H18N4O3. The van der Waals surface area contributed by atoms with Crippen molar-refractivity contribution in [2.45, 2.75) is 26.7 Å². The molecule has 0 atom stereocenters. The van der Waals surface area contributed by atoms with Gasteiger partial charge in [0, 0.05) is 6.54 Å². The molecule has 21 heavy (non-hydrogen) atoms. The summed E-state index contributed by atoms with van der Waals surface area (Å²) in [6.45, 7) is 4.42. The molecular weight excluding hydrogens is 272 g/mol. The highest BCUT2D eigenvalue weighted by Gasteiger charge is 2.18. The highest BCUT2D eigenvalue weighted by atomic mass is 16.4. The van der Waals surface area contributed by atoms with E-state index >= 15 is 0 Å². The zero-order chi connectivity index (χ0) is 15.4. The second-order valence-corrected chi connectivity index (χ2v) is 4.73. The SMILES string of the molecule is CCCCNC(=O)n1c(NC(=O)O)nc2c(C)cccc21. The lowest BCUT2D eigenvalue weighted by molar-refractivity contribution is 0.209. The van der Waals surface area contributed by atoms with E-state index in [1.165, 1.54) is 4.57 Å². The number of anilines is 1. The molecule has 112 valence electrons. The maximum absolute atomic E-state index is 12.3. The largest absolute Gasteiger partial charge is 0.465 e. The summed E-state index contributed by atoms with van der Waals surface area (Å²) in [6, 6.07) is 5.01. The van der Waals surface area contributed by atoms with Gasteiger partial charge in [-0.05, 0) is 25.0 Å².